The second-order valence-electron chi connectivity index (χ2n) is 5.37. The van der Waals surface area contributed by atoms with E-state index in [1.54, 1.807) is 30.7 Å². The van der Waals surface area contributed by atoms with E-state index in [0.717, 1.165) is 16.6 Å². The molecule has 0 aliphatic heterocycles. The van der Waals surface area contributed by atoms with E-state index in [0.29, 0.717) is 24.3 Å². The molecule has 1 aromatic carbocycles. The largest absolute Gasteiger partial charge is 0.484 e. The number of hydrogen-bond acceptors (Lipinski definition) is 5. The number of nitrogens with zero attached hydrogens (tertiary/aromatic N) is 1. The van der Waals surface area contributed by atoms with Crippen molar-refractivity contribution in [2.75, 3.05) is 13.2 Å². The standard InChI is InChI=1S/C17H17N3O4/c1-11-6-17(22)24-15-7-13(2-3-14(11)15)23-9-16(21)19-5-4-12-8-18-10-20-12/h2-3,6-8,10H,4-5,9H2,1H3,(H,18,20)(H,19,21). The van der Waals surface area contributed by atoms with Crippen molar-refractivity contribution in [2.24, 2.45) is 0 Å². The Bertz CT molecular complexity index is 900. The minimum atomic E-state index is -0.409. The Morgan fingerprint density at radius 2 is 2.25 bits per heavy atom. The molecule has 0 saturated heterocycles. The lowest BCUT2D eigenvalue weighted by molar-refractivity contribution is -0.123. The number of fused-ring (bicyclic) bond motifs is 1. The van der Waals surface area contributed by atoms with Crippen LogP contribution in [0.2, 0.25) is 0 Å². The van der Waals surface area contributed by atoms with E-state index in [-0.39, 0.29) is 12.5 Å². The van der Waals surface area contributed by atoms with Crippen LogP contribution in [0.4, 0.5) is 0 Å². The van der Waals surface area contributed by atoms with Gasteiger partial charge in [0, 0.05) is 42.4 Å². The first-order chi connectivity index (χ1) is 11.6. The first kappa shape index (κ1) is 15.8. The Kier molecular flexibility index (Phi) is 4.60. The SMILES string of the molecule is Cc1cc(=O)oc2cc(OCC(=O)NCCc3cnc[nH]3)ccc12. The highest BCUT2D eigenvalue weighted by atomic mass is 16.5. The molecule has 0 atom stereocenters. The van der Waals surface area contributed by atoms with Gasteiger partial charge in [-0.25, -0.2) is 9.78 Å². The average molecular weight is 327 g/mol. The predicted octanol–water partition coefficient (Wildman–Crippen LogP) is 1.56. The molecule has 7 nitrogen and oxygen atoms in total. The number of aromatic amines is 1. The first-order valence-electron chi connectivity index (χ1n) is 7.53. The second kappa shape index (κ2) is 6.99. The third kappa shape index (κ3) is 3.81. The summed E-state index contributed by atoms with van der Waals surface area (Å²) < 4.78 is 10.6. The zero-order valence-electron chi connectivity index (χ0n) is 13.2. The fourth-order valence-electron chi connectivity index (χ4n) is 2.35. The van der Waals surface area contributed by atoms with Crippen molar-refractivity contribution in [1.82, 2.24) is 15.3 Å². The highest BCUT2D eigenvalue weighted by Crippen LogP contribution is 2.22. The lowest BCUT2D eigenvalue weighted by atomic mass is 10.1. The molecule has 0 fully saturated rings. The molecule has 3 aromatic rings. The quantitative estimate of drug-likeness (QED) is 0.670. The van der Waals surface area contributed by atoms with Gasteiger partial charge in [0.15, 0.2) is 6.61 Å². The van der Waals surface area contributed by atoms with Crippen molar-refractivity contribution in [3.8, 4) is 5.75 Å². The molecule has 2 N–H and O–H groups in total. The van der Waals surface area contributed by atoms with E-state index in [1.807, 2.05) is 6.92 Å². The molecule has 3 rings (SSSR count). The molecule has 0 radical (unpaired) electrons. The van der Waals surface area contributed by atoms with E-state index < -0.39 is 5.63 Å². The Labute approximate surface area is 137 Å². The fraction of sp³-hybridized carbons (Fsp3) is 0.235. The topological polar surface area (TPSA) is 97.2 Å². The summed E-state index contributed by atoms with van der Waals surface area (Å²) in [5.74, 6) is 0.250. The van der Waals surface area contributed by atoms with Gasteiger partial charge in [-0.2, -0.15) is 0 Å². The van der Waals surface area contributed by atoms with Crippen LogP contribution >= 0.6 is 0 Å². The summed E-state index contributed by atoms with van der Waals surface area (Å²) in [6.45, 7) is 2.23. The number of carbonyl (C=O) groups is 1. The third-order valence-corrected chi connectivity index (χ3v) is 3.56. The minimum absolute atomic E-state index is 0.107. The maximum atomic E-state index is 11.8. The number of imidazole rings is 1. The number of amides is 1. The van der Waals surface area contributed by atoms with Gasteiger partial charge in [0.05, 0.1) is 6.33 Å². The summed E-state index contributed by atoms with van der Waals surface area (Å²) in [5, 5.41) is 3.60. The van der Waals surface area contributed by atoms with Crippen LogP contribution in [0.25, 0.3) is 11.0 Å². The number of ether oxygens (including phenoxy) is 1. The Morgan fingerprint density at radius 1 is 1.38 bits per heavy atom. The van der Waals surface area contributed by atoms with Gasteiger partial charge >= 0.3 is 5.63 Å². The Morgan fingerprint density at radius 3 is 3.04 bits per heavy atom. The lowest BCUT2D eigenvalue weighted by Gasteiger charge is -2.08. The summed E-state index contributed by atoms with van der Waals surface area (Å²) in [6, 6.07) is 6.60. The molecule has 24 heavy (non-hydrogen) atoms. The van der Waals surface area contributed by atoms with Crippen molar-refractivity contribution in [3.63, 3.8) is 0 Å². The van der Waals surface area contributed by atoms with Crippen molar-refractivity contribution < 1.29 is 13.9 Å². The number of hydrogen-bond donors (Lipinski definition) is 2. The molecule has 0 bridgehead atoms. The second-order valence-corrected chi connectivity index (χ2v) is 5.37. The van der Waals surface area contributed by atoms with E-state index in [1.165, 1.54) is 6.07 Å². The van der Waals surface area contributed by atoms with Gasteiger partial charge in [-0.3, -0.25) is 4.79 Å². The summed E-state index contributed by atoms with van der Waals surface area (Å²) >= 11 is 0. The molecule has 0 spiro atoms. The number of nitrogens with one attached hydrogen (secondary N) is 2. The van der Waals surface area contributed by atoms with Gasteiger partial charge in [0.25, 0.3) is 5.91 Å². The number of H-pyrrole nitrogens is 1. The van der Waals surface area contributed by atoms with Crippen LogP contribution in [0.15, 0.2) is 46.0 Å². The van der Waals surface area contributed by atoms with Crippen LogP contribution < -0.4 is 15.7 Å². The number of aryl methyl sites for hydroxylation is 1. The highest BCUT2D eigenvalue weighted by molar-refractivity contribution is 5.81. The highest BCUT2D eigenvalue weighted by Gasteiger charge is 2.06. The molecular formula is C17H17N3O4. The Balaban J connectivity index is 1.55. The molecule has 124 valence electrons. The van der Waals surface area contributed by atoms with Gasteiger partial charge in [0.2, 0.25) is 0 Å². The van der Waals surface area contributed by atoms with E-state index in [9.17, 15) is 9.59 Å². The van der Waals surface area contributed by atoms with Crippen LogP contribution in [0, 0.1) is 6.92 Å². The number of benzene rings is 1. The zero-order valence-corrected chi connectivity index (χ0v) is 13.2. The maximum absolute atomic E-state index is 11.8. The molecule has 0 saturated carbocycles. The normalized spacial score (nSPS) is 10.7. The smallest absolute Gasteiger partial charge is 0.336 e. The van der Waals surface area contributed by atoms with Crippen LogP contribution in [-0.2, 0) is 11.2 Å². The van der Waals surface area contributed by atoms with Crippen molar-refractivity contribution in [1.29, 1.82) is 0 Å². The van der Waals surface area contributed by atoms with Gasteiger partial charge in [-0.05, 0) is 24.6 Å². The molecule has 7 heteroatoms. The molecule has 0 aliphatic rings. The summed E-state index contributed by atoms with van der Waals surface area (Å²) in [7, 11) is 0. The monoisotopic (exact) mass is 327 g/mol. The van der Waals surface area contributed by atoms with Crippen LogP contribution in [0.3, 0.4) is 0 Å². The van der Waals surface area contributed by atoms with Crippen molar-refractivity contribution >= 4 is 16.9 Å². The average Bonchev–Trinajstić information content (AvgIpc) is 3.05. The van der Waals surface area contributed by atoms with Gasteiger partial charge in [-0.1, -0.05) is 0 Å². The number of rotatable bonds is 6. The van der Waals surface area contributed by atoms with Crippen molar-refractivity contribution in [2.45, 2.75) is 13.3 Å². The van der Waals surface area contributed by atoms with Crippen LogP contribution in [0.1, 0.15) is 11.3 Å². The third-order valence-electron chi connectivity index (χ3n) is 3.56. The van der Waals surface area contributed by atoms with E-state index in [4.69, 9.17) is 9.15 Å². The summed E-state index contributed by atoms with van der Waals surface area (Å²) in [4.78, 5) is 30.1. The van der Waals surface area contributed by atoms with E-state index >= 15 is 0 Å². The first-order valence-corrected chi connectivity index (χ1v) is 7.53. The summed E-state index contributed by atoms with van der Waals surface area (Å²) in [6.07, 6.45) is 3.99. The lowest BCUT2D eigenvalue weighted by Crippen LogP contribution is -2.30. The van der Waals surface area contributed by atoms with Crippen LogP contribution in [-0.4, -0.2) is 29.0 Å². The van der Waals surface area contributed by atoms with Crippen molar-refractivity contribution in [3.05, 3.63) is 58.5 Å². The molecule has 2 aromatic heterocycles. The summed E-state index contributed by atoms with van der Waals surface area (Å²) in [5.41, 5.74) is 1.83. The maximum Gasteiger partial charge on any atom is 0.336 e. The molecule has 2 heterocycles. The van der Waals surface area contributed by atoms with Gasteiger partial charge in [0.1, 0.15) is 11.3 Å². The number of aromatic nitrogens is 2. The zero-order chi connectivity index (χ0) is 16.9. The Hall–Kier alpha value is -3.09. The molecular weight excluding hydrogens is 310 g/mol. The molecule has 0 aliphatic carbocycles. The molecule has 0 unspecified atom stereocenters. The molecule has 1 amide bonds. The predicted molar refractivity (Wildman–Crippen MR) is 88.0 cm³/mol. The fourth-order valence-corrected chi connectivity index (χ4v) is 2.35. The van der Waals surface area contributed by atoms with Gasteiger partial charge < -0.3 is 19.5 Å². The number of carbonyl (C=O) groups excluding carboxylic acids is 1. The minimum Gasteiger partial charge on any atom is -0.484 e. The van der Waals surface area contributed by atoms with E-state index in [2.05, 4.69) is 15.3 Å². The van der Waals surface area contributed by atoms with Gasteiger partial charge in [-0.15, -0.1) is 0 Å². The van der Waals surface area contributed by atoms with Crippen LogP contribution in [0.5, 0.6) is 5.75 Å².